The summed E-state index contributed by atoms with van der Waals surface area (Å²) < 4.78 is 1.79. The molecule has 1 aliphatic carbocycles. The molecule has 1 atom stereocenters. The fourth-order valence-electron chi connectivity index (χ4n) is 7.25. The fourth-order valence-corrected chi connectivity index (χ4v) is 7.25. The number of aromatic nitrogens is 7. The first-order valence-electron chi connectivity index (χ1n) is 14.7. The molecule has 0 amide bonds. The van der Waals surface area contributed by atoms with E-state index in [1.807, 2.05) is 25.5 Å². The molecule has 4 aromatic heterocycles. The third-order valence-corrected chi connectivity index (χ3v) is 9.52. The standard InChI is InChI=1S/C31H34N10O/c1-39-17-20(16-33-39)22-8-9-25-23(34-22)7-4-12-41(25)30-26-28(37-38-30)36-29(24(18-42)35-26)40-13-10-31(11-14-40)15-19-5-2-3-6-21(19)27(31)32/h2-3,5-6,8-9,16-17,27,42H,4,7,10-15,18,32H2,1H3,(H,36,37,38)/t27-/m1/s1. The monoisotopic (exact) mass is 562 g/mol. The van der Waals surface area contributed by atoms with Gasteiger partial charge < -0.3 is 20.6 Å². The van der Waals surface area contributed by atoms with Gasteiger partial charge in [-0.1, -0.05) is 24.3 Å². The Morgan fingerprint density at radius 1 is 1.05 bits per heavy atom. The third-order valence-electron chi connectivity index (χ3n) is 9.52. The molecule has 6 heterocycles. The number of piperidine rings is 1. The highest BCUT2D eigenvalue weighted by Gasteiger charge is 2.46. The first-order valence-corrected chi connectivity index (χ1v) is 14.7. The maximum atomic E-state index is 10.4. The molecule has 4 N–H and O–H groups in total. The van der Waals surface area contributed by atoms with Gasteiger partial charge in [0.2, 0.25) is 0 Å². The second kappa shape index (κ2) is 9.60. The van der Waals surface area contributed by atoms with Crippen LogP contribution in [-0.4, -0.2) is 59.7 Å². The fraction of sp³-hybridized carbons (Fsp3) is 0.387. The predicted octanol–water partition coefficient (Wildman–Crippen LogP) is 3.57. The molecule has 2 aliphatic heterocycles. The van der Waals surface area contributed by atoms with Gasteiger partial charge >= 0.3 is 0 Å². The summed E-state index contributed by atoms with van der Waals surface area (Å²) in [5, 5.41) is 22.5. The number of aliphatic hydroxyl groups excluding tert-OH is 1. The molecule has 11 heteroatoms. The molecule has 5 aromatic rings. The van der Waals surface area contributed by atoms with E-state index in [1.165, 1.54) is 11.1 Å². The van der Waals surface area contributed by atoms with Crippen molar-refractivity contribution in [2.45, 2.75) is 44.8 Å². The van der Waals surface area contributed by atoms with Gasteiger partial charge in [0.05, 0.1) is 29.9 Å². The van der Waals surface area contributed by atoms with E-state index < -0.39 is 0 Å². The van der Waals surface area contributed by atoms with E-state index in [0.29, 0.717) is 22.7 Å². The molecule has 0 saturated carbocycles. The summed E-state index contributed by atoms with van der Waals surface area (Å²) in [6.45, 7) is 2.25. The lowest BCUT2D eigenvalue weighted by molar-refractivity contribution is 0.187. The normalized spacial score (nSPS) is 19.5. The van der Waals surface area contributed by atoms with Gasteiger partial charge in [0, 0.05) is 44.5 Å². The highest BCUT2D eigenvalue weighted by atomic mass is 16.3. The van der Waals surface area contributed by atoms with E-state index >= 15 is 0 Å². The topological polar surface area (TPSA) is 138 Å². The average Bonchev–Trinajstić information content (AvgIpc) is 3.72. The molecule has 8 rings (SSSR count). The number of nitrogens with zero attached hydrogens (tertiary/aromatic N) is 8. The van der Waals surface area contributed by atoms with Crippen LogP contribution < -0.4 is 15.5 Å². The van der Waals surface area contributed by atoms with Crippen LogP contribution in [0, 0.1) is 5.41 Å². The van der Waals surface area contributed by atoms with Crippen molar-refractivity contribution in [1.29, 1.82) is 0 Å². The van der Waals surface area contributed by atoms with Crippen molar-refractivity contribution in [2.75, 3.05) is 29.4 Å². The number of nitrogens with one attached hydrogen (secondary N) is 1. The number of fused-ring (bicyclic) bond motifs is 3. The van der Waals surface area contributed by atoms with Gasteiger partial charge in [-0.3, -0.25) is 14.8 Å². The van der Waals surface area contributed by atoms with Crippen LogP contribution in [0.1, 0.15) is 47.8 Å². The smallest absolute Gasteiger partial charge is 0.183 e. The van der Waals surface area contributed by atoms with Crippen LogP contribution in [-0.2, 0) is 26.5 Å². The Morgan fingerprint density at radius 2 is 1.90 bits per heavy atom. The number of hydrogen-bond donors (Lipinski definition) is 3. The molecule has 1 saturated heterocycles. The summed E-state index contributed by atoms with van der Waals surface area (Å²) in [6.07, 6.45) is 8.62. The zero-order valence-electron chi connectivity index (χ0n) is 23.7. The zero-order valence-corrected chi connectivity index (χ0v) is 23.7. The molecule has 1 spiro atoms. The van der Waals surface area contributed by atoms with Gasteiger partial charge in [-0.2, -0.15) is 10.2 Å². The Morgan fingerprint density at radius 3 is 2.69 bits per heavy atom. The van der Waals surface area contributed by atoms with E-state index in [4.69, 9.17) is 20.7 Å². The van der Waals surface area contributed by atoms with Gasteiger partial charge in [0.1, 0.15) is 5.69 Å². The van der Waals surface area contributed by atoms with Gasteiger partial charge in [-0.15, -0.1) is 0 Å². The minimum absolute atomic E-state index is 0.0549. The quantitative estimate of drug-likeness (QED) is 0.300. The number of aromatic amines is 1. The number of pyridine rings is 1. The van der Waals surface area contributed by atoms with E-state index in [0.717, 1.165) is 80.2 Å². The number of H-pyrrole nitrogens is 1. The molecule has 0 unspecified atom stereocenters. The number of nitrogens with two attached hydrogens (primary N) is 1. The van der Waals surface area contributed by atoms with E-state index in [2.05, 4.69) is 55.4 Å². The summed E-state index contributed by atoms with van der Waals surface area (Å²) in [4.78, 5) is 19.3. The molecule has 42 heavy (non-hydrogen) atoms. The number of aryl methyl sites for hydroxylation is 2. The molecule has 0 radical (unpaired) electrons. The average molecular weight is 563 g/mol. The van der Waals surface area contributed by atoms with Crippen molar-refractivity contribution in [3.05, 3.63) is 71.3 Å². The summed E-state index contributed by atoms with van der Waals surface area (Å²) >= 11 is 0. The largest absolute Gasteiger partial charge is 0.390 e. The Hall–Kier alpha value is -4.35. The highest BCUT2D eigenvalue weighted by molar-refractivity contribution is 5.88. The van der Waals surface area contributed by atoms with Crippen molar-refractivity contribution in [1.82, 2.24) is 34.9 Å². The highest BCUT2D eigenvalue weighted by Crippen LogP contribution is 2.51. The van der Waals surface area contributed by atoms with Crippen LogP contribution in [0.4, 0.5) is 17.3 Å². The first-order chi connectivity index (χ1) is 20.5. The Bertz CT molecular complexity index is 1800. The lowest BCUT2D eigenvalue weighted by Crippen LogP contribution is -2.45. The van der Waals surface area contributed by atoms with Crippen molar-refractivity contribution in [3.8, 4) is 11.3 Å². The maximum absolute atomic E-state index is 10.4. The van der Waals surface area contributed by atoms with Crippen LogP contribution in [0.15, 0.2) is 48.8 Å². The molecule has 214 valence electrons. The second-order valence-corrected chi connectivity index (χ2v) is 11.9. The lowest BCUT2D eigenvalue weighted by Gasteiger charge is -2.42. The van der Waals surface area contributed by atoms with Gasteiger partial charge in [-0.05, 0) is 60.8 Å². The van der Waals surface area contributed by atoms with Gasteiger partial charge in [-0.25, -0.2) is 9.97 Å². The zero-order chi connectivity index (χ0) is 28.4. The van der Waals surface area contributed by atoms with Crippen molar-refractivity contribution in [2.24, 2.45) is 18.2 Å². The number of rotatable bonds is 4. The first kappa shape index (κ1) is 25.4. The molecule has 3 aliphatic rings. The maximum Gasteiger partial charge on any atom is 0.183 e. The van der Waals surface area contributed by atoms with Crippen LogP contribution in [0.25, 0.3) is 22.4 Å². The molecular weight excluding hydrogens is 528 g/mol. The number of benzene rings is 1. The Kier molecular flexibility index (Phi) is 5.80. The predicted molar refractivity (Wildman–Crippen MR) is 160 cm³/mol. The van der Waals surface area contributed by atoms with Gasteiger partial charge in [0.25, 0.3) is 0 Å². The second-order valence-electron chi connectivity index (χ2n) is 11.9. The molecule has 0 bridgehead atoms. The van der Waals surface area contributed by atoms with Crippen molar-refractivity contribution in [3.63, 3.8) is 0 Å². The number of aliphatic hydroxyl groups is 1. The third kappa shape index (κ3) is 3.91. The van der Waals surface area contributed by atoms with E-state index in [-0.39, 0.29) is 18.1 Å². The van der Waals surface area contributed by atoms with Gasteiger partial charge in [0.15, 0.2) is 22.8 Å². The Labute approximate surface area is 243 Å². The molecule has 1 aromatic carbocycles. The van der Waals surface area contributed by atoms with E-state index in [1.54, 1.807) is 4.68 Å². The van der Waals surface area contributed by atoms with Crippen LogP contribution >= 0.6 is 0 Å². The van der Waals surface area contributed by atoms with Crippen LogP contribution in [0.2, 0.25) is 0 Å². The lowest BCUT2D eigenvalue weighted by atomic mass is 9.73. The summed E-state index contributed by atoms with van der Waals surface area (Å²) in [7, 11) is 1.91. The molecule has 11 nitrogen and oxygen atoms in total. The van der Waals surface area contributed by atoms with Crippen LogP contribution in [0.5, 0.6) is 0 Å². The van der Waals surface area contributed by atoms with Crippen molar-refractivity contribution >= 4 is 28.5 Å². The SMILES string of the molecule is Cn1cc(-c2ccc3c(n2)CCCN3c2n[nH]c3nc(N4CCC5(CC4)Cc4ccccc4[C@H]5N)c(CO)nc23)cn1. The molecule has 1 fully saturated rings. The number of anilines is 3. The van der Waals surface area contributed by atoms with Crippen molar-refractivity contribution < 1.29 is 5.11 Å². The summed E-state index contributed by atoms with van der Waals surface area (Å²) in [5.41, 5.74) is 15.4. The number of hydrogen-bond acceptors (Lipinski definition) is 9. The summed E-state index contributed by atoms with van der Waals surface area (Å²) in [5.74, 6) is 1.43. The minimum atomic E-state index is -0.192. The van der Waals surface area contributed by atoms with E-state index in [9.17, 15) is 5.11 Å². The molecular formula is C31H34N10O. The Balaban J connectivity index is 1.08. The van der Waals surface area contributed by atoms with Crippen LogP contribution in [0.3, 0.4) is 0 Å². The summed E-state index contributed by atoms with van der Waals surface area (Å²) in [6, 6.07) is 12.8. The minimum Gasteiger partial charge on any atom is -0.390 e.